The van der Waals surface area contributed by atoms with Crippen molar-refractivity contribution in [3.8, 4) is 0 Å². The number of unbranched alkanes of at least 4 members (excludes halogenated alkanes) is 2. The zero-order valence-electron chi connectivity index (χ0n) is 19.9. The number of carbonyl (C=O) groups is 3. The Morgan fingerprint density at radius 3 is 2.52 bits per heavy atom. The first-order valence-corrected chi connectivity index (χ1v) is 12.8. The fourth-order valence-electron chi connectivity index (χ4n) is 6.30. The van der Waals surface area contributed by atoms with E-state index in [0.29, 0.717) is 13.0 Å². The van der Waals surface area contributed by atoms with Gasteiger partial charge in [-0.2, -0.15) is 0 Å². The van der Waals surface area contributed by atoms with Gasteiger partial charge in [0.1, 0.15) is 6.04 Å². The maximum Gasteiger partial charge on any atom is 0.248 e. The van der Waals surface area contributed by atoms with Crippen molar-refractivity contribution < 1.29 is 19.5 Å². The van der Waals surface area contributed by atoms with Gasteiger partial charge >= 0.3 is 0 Å². The number of anilines is 1. The van der Waals surface area contributed by atoms with Crippen LogP contribution in [0.2, 0.25) is 0 Å². The molecular weight excluding hydrogens is 438 g/mol. The maximum absolute atomic E-state index is 13.9. The number of para-hydroxylation sites is 1. The van der Waals surface area contributed by atoms with Crippen LogP contribution in [0.5, 0.6) is 0 Å². The van der Waals surface area contributed by atoms with Crippen LogP contribution in [0.15, 0.2) is 18.2 Å². The average molecular weight is 474 g/mol. The van der Waals surface area contributed by atoms with Gasteiger partial charge in [0.15, 0.2) is 0 Å². The molecule has 3 unspecified atom stereocenters. The molecule has 3 aliphatic rings. The molecule has 2 bridgehead atoms. The van der Waals surface area contributed by atoms with Gasteiger partial charge < -0.3 is 20.6 Å². The molecule has 7 nitrogen and oxygen atoms in total. The fraction of sp³-hybridized carbons (Fsp3) is 0.640. The van der Waals surface area contributed by atoms with Gasteiger partial charge in [-0.05, 0) is 56.6 Å². The number of amides is 3. The highest BCUT2D eigenvalue weighted by Gasteiger charge is 2.75. The van der Waals surface area contributed by atoms with E-state index in [4.69, 9.17) is 5.11 Å². The summed E-state index contributed by atoms with van der Waals surface area (Å²) in [5.74, 6) is -1.07. The van der Waals surface area contributed by atoms with Crippen LogP contribution in [0.3, 0.4) is 0 Å². The molecule has 0 saturated carbocycles. The third-order valence-corrected chi connectivity index (χ3v) is 9.91. The van der Waals surface area contributed by atoms with Gasteiger partial charge in [-0.25, -0.2) is 0 Å². The number of hydrogen-bond acceptors (Lipinski definition) is 5. The van der Waals surface area contributed by atoms with Crippen LogP contribution in [0, 0.1) is 31.6 Å². The molecular formula is C25H35N3O4S. The number of nitrogens with one attached hydrogen (secondary N) is 2. The third kappa shape index (κ3) is 3.75. The molecule has 8 heteroatoms. The normalized spacial score (nSPS) is 32.2. The highest BCUT2D eigenvalue weighted by Crippen LogP contribution is 2.68. The van der Waals surface area contributed by atoms with Crippen LogP contribution < -0.4 is 10.6 Å². The number of thioether (sulfide) groups is 1. The number of fused-ring (bicyclic) bond motifs is 1. The Morgan fingerprint density at radius 1 is 1.18 bits per heavy atom. The second-order valence-corrected chi connectivity index (χ2v) is 11.3. The van der Waals surface area contributed by atoms with Gasteiger partial charge in [0.2, 0.25) is 17.7 Å². The Bertz CT molecular complexity index is 933. The van der Waals surface area contributed by atoms with Crippen molar-refractivity contribution >= 4 is 35.2 Å². The molecule has 3 heterocycles. The summed E-state index contributed by atoms with van der Waals surface area (Å²) >= 11 is 1.69. The van der Waals surface area contributed by atoms with Crippen molar-refractivity contribution in [1.29, 1.82) is 0 Å². The van der Waals surface area contributed by atoms with E-state index in [-0.39, 0.29) is 35.5 Å². The number of carbonyl (C=O) groups excluding carboxylic acids is 3. The second kappa shape index (κ2) is 9.29. The van der Waals surface area contributed by atoms with E-state index < -0.39 is 22.6 Å². The van der Waals surface area contributed by atoms with Crippen molar-refractivity contribution in [1.82, 2.24) is 10.2 Å². The molecule has 0 aliphatic carbocycles. The summed E-state index contributed by atoms with van der Waals surface area (Å²) in [6, 6.07) is 5.28. The number of nitrogens with zero attached hydrogens (tertiary/aromatic N) is 1. The lowest BCUT2D eigenvalue weighted by Gasteiger charge is -2.38. The quantitative estimate of drug-likeness (QED) is 0.504. The van der Waals surface area contributed by atoms with Crippen LogP contribution in [0.4, 0.5) is 5.69 Å². The smallest absolute Gasteiger partial charge is 0.248 e. The first kappa shape index (κ1) is 24.1. The number of rotatable bonds is 8. The van der Waals surface area contributed by atoms with Crippen LogP contribution in [-0.2, 0) is 14.4 Å². The van der Waals surface area contributed by atoms with E-state index >= 15 is 0 Å². The first-order chi connectivity index (χ1) is 15.8. The fourth-order valence-corrected chi connectivity index (χ4v) is 8.72. The summed E-state index contributed by atoms with van der Waals surface area (Å²) < 4.78 is -0.601. The summed E-state index contributed by atoms with van der Waals surface area (Å²) in [5.41, 5.74) is 2.76. The molecule has 3 amide bonds. The zero-order chi connectivity index (χ0) is 23.9. The van der Waals surface area contributed by atoms with Crippen molar-refractivity contribution in [2.75, 3.05) is 25.5 Å². The van der Waals surface area contributed by atoms with Crippen molar-refractivity contribution in [3.63, 3.8) is 0 Å². The minimum Gasteiger partial charge on any atom is -0.396 e. The molecule has 3 fully saturated rings. The second-order valence-electron chi connectivity index (χ2n) is 9.74. The summed E-state index contributed by atoms with van der Waals surface area (Å²) in [5, 5.41) is 15.1. The molecule has 180 valence electrons. The SMILES string of the molecule is CNC(=O)[C@@H]1[C@H]2C(=O)N(CCCCCO)C(C(=O)Nc3c(C)cccc3C)C23S[C@@H]1CC3C. The standard InChI is InChI=1S/C25H35N3O4S/c1-14-9-8-10-15(2)20(14)27-23(31)21-25-16(3)13-17(33-25)18(22(30)26-4)19(25)24(32)28(21)11-6-5-7-12-29/h8-10,16-19,21,29H,5-7,11-13H2,1-4H3,(H,26,30)(H,27,31)/t16?,17-,18+,19+,21?,25?/m1/s1. The first-order valence-electron chi connectivity index (χ1n) is 12.0. The Morgan fingerprint density at radius 2 is 1.88 bits per heavy atom. The largest absolute Gasteiger partial charge is 0.396 e. The van der Waals surface area contributed by atoms with Gasteiger partial charge in [0, 0.05) is 31.1 Å². The Hall–Kier alpha value is -2.06. The van der Waals surface area contributed by atoms with Crippen LogP contribution in [0.25, 0.3) is 0 Å². The minimum atomic E-state index is -0.622. The van der Waals surface area contributed by atoms with Crippen molar-refractivity contribution in [2.45, 2.75) is 62.5 Å². The molecule has 6 atom stereocenters. The topological polar surface area (TPSA) is 98.7 Å². The highest BCUT2D eigenvalue weighted by atomic mass is 32.2. The molecule has 3 saturated heterocycles. The summed E-state index contributed by atoms with van der Waals surface area (Å²) in [4.78, 5) is 42.3. The van der Waals surface area contributed by atoms with Gasteiger partial charge in [0.25, 0.3) is 0 Å². The van der Waals surface area contributed by atoms with Gasteiger partial charge in [0.05, 0.1) is 16.6 Å². The molecule has 1 spiro atoms. The van der Waals surface area contributed by atoms with E-state index in [1.807, 2.05) is 32.0 Å². The van der Waals surface area contributed by atoms with Gasteiger partial charge in [-0.1, -0.05) is 25.1 Å². The van der Waals surface area contributed by atoms with Crippen molar-refractivity contribution in [2.24, 2.45) is 17.8 Å². The Balaban J connectivity index is 1.71. The predicted molar refractivity (Wildman–Crippen MR) is 130 cm³/mol. The number of benzene rings is 1. The number of likely N-dealkylation sites (tertiary alicyclic amines) is 1. The molecule has 0 aromatic heterocycles. The Kier molecular flexibility index (Phi) is 6.78. The molecule has 1 aromatic rings. The lowest BCUT2D eigenvalue weighted by Crippen LogP contribution is -2.55. The predicted octanol–water partition coefficient (Wildman–Crippen LogP) is 2.49. The highest BCUT2D eigenvalue weighted by molar-refractivity contribution is 8.02. The number of aryl methyl sites for hydroxylation is 2. The minimum absolute atomic E-state index is 0.0564. The van der Waals surface area contributed by atoms with Crippen LogP contribution in [0.1, 0.15) is 43.7 Å². The van der Waals surface area contributed by atoms with E-state index in [1.165, 1.54) is 0 Å². The molecule has 3 N–H and O–H groups in total. The number of aliphatic hydroxyl groups is 1. The monoisotopic (exact) mass is 473 g/mol. The summed E-state index contributed by atoms with van der Waals surface area (Å²) in [6.45, 7) is 6.64. The molecule has 33 heavy (non-hydrogen) atoms. The molecule has 4 rings (SSSR count). The summed E-state index contributed by atoms with van der Waals surface area (Å²) in [6.07, 6.45) is 3.00. The lowest BCUT2D eigenvalue weighted by atomic mass is 9.66. The molecule has 3 aliphatic heterocycles. The third-order valence-electron chi connectivity index (χ3n) is 7.83. The van der Waals surface area contributed by atoms with Crippen LogP contribution >= 0.6 is 11.8 Å². The van der Waals surface area contributed by atoms with E-state index in [0.717, 1.165) is 36.1 Å². The van der Waals surface area contributed by atoms with Crippen LogP contribution in [-0.4, -0.2) is 64.0 Å². The van der Waals surface area contributed by atoms with E-state index in [2.05, 4.69) is 17.6 Å². The lowest BCUT2D eigenvalue weighted by molar-refractivity contribution is -0.139. The van der Waals surface area contributed by atoms with Gasteiger partial charge in [-0.3, -0.25) is 14.4 Å². The van der Waals surface area contributed by atoms with E-state index in [9.17, 15) is 14.4 Å². The number of hydrogen-bond donors (Lipinski definition) is 3. The van der Waals surface area contributed by atoms with Gasteiger partial charge in [-0.15, -0.1) is 11.8 Å². The number of aliphatic hydroxyl groups excluding tert-OH is 1. The van der Waals surface area contributed by atoms with Crippen molar-refractivity contribution in [3.05, 3.63) is 29.3 Å². The van der Waals surface area contributed by atoms with E-state index in [1.54, 1.807) is 23.7 Å². The Labute approximate surface area is 200 Å². The maximum atomic E-state index is 13.9. The summed E-state index contributed by atoms with van der Waals surface area (Å²) in [7, 11) is 1.62. The molecule has 0 radical (unpaired) electrons. The molecule has 1 aromatic carbocycles. The average Bonchev–Trinajstić information content (AvgIpc) is 3.37. The zero-order valence-corrected chi connectivity index (χ0v) is 20.7.